The molecule has 1 aliphatic carbocycles. The molecule has 0 atom stereocenters. The number of amides is 1. The molecule has 2 aromatic rings. The highest BCUT2D eigenvalue weighted by molar-refractivity contribution is 6.07. The summed E-state index contributed by atoms with van der Waals surface area (Å²) in [7, 11) is 0. The molecule has 1 aromatic carbocycles. The van der Waals surface area contributed by atoms with E-state index in [1.807, 2.05) is 12.1 Å². The molecule has 0 aliphatic heterocycles. The smallest absolute Gasteiger partial charge is 0.253 e. The number of fused-ring (bicyclic) bond motifs is 3. The number of aryl methyl sites for hydroxylation is 2. The van der Waals surface area contributed by atoms with Gasteiger partial charge in [0.2, 0.25) is 0 Å². The molecule has 3 N–H and O–H groups in total. The Morgan fingerprint density at radius 2 is 2.14 bits per heavy atom. The van der Waals surface area contributed by atoms with Crippen LogP contribution in [0.25, 0.3) is 10.9 Å². The second-order valence-corrected chi connectivity index (χ2v) is 5.62. The first-order valence-electron chi connectivity index (χ1n) is 7.89. The van der Waals surface area contributed by atoms with Crippen molar-refractivity contribution in [1.29, 1.82) is 0 Å². The number of nitrogens with two attached hydrogens (primary N) is 1. The number of aromatic nitrogens is 1. The molecule has 1 amide bonds. The number of carbonyl (C=O) groups excluding carboxylic acids is 1. The third-order valence-corrected chi connectivity index (χ3v) is 4.39. The average Bonchev–Trinajstić information content (AvgIpc) is 2.86. The fourth-order valence-electron chi connectivity index (χ4n) is 3.50. The second-order valence-electron chi connectivity index (χ2n) is 5.62. The maximum Gasteiger partial charge on any atom is 0.253 e. The zero-order valence-electron chi connectivity index (χ0n) is 12.6. The van der Waals surface area contributed by atoms with Crippen molar-refractivity contribution >= 4 is 16.8 Å². The van der Waals surface area contributed by atoms with E-state index in [1.54, 1.807) is 0 Å². The zero-order chi connectivity index (χ0) is 14.8. The van der Waals surface area contributed by atoms with Gasteiger partial charge >= 0.3 is 0 Å². The Bertz CT molecular complexity index is 672. The van der Waals surface area contributed by atoms with Gasteiger partial charge in [0.25, 0.3) is 5.91 Å². The van der Waals surface area contributed by atoms with Crippen LogP contribution in [-0.2, 0) is 19.4 Å². The summed E-state index contributed by atoms with van der Waals surface area (Å²) in [6.07, 6.45) is 4.76. The number of benzene rings is 1. The molecule has 1 aromatic heterocycles. The van der Waals surface area contributed by atoms with Crippen LogP contribution in [0.2, 0.25) is 0 Å². The van der Waals surface area contributed by atoms with Gasteiger partial charge in [0.1, 0.15) is 0 Å². The highest BCUT2D eigenvalue weighted by Gasteiger charge is 2.22. The van der Waals surface area contributed by atoms with Crippen molar-refractivity contribution in [2.24, 2.45) is 5.73 Å². The van der Waals surface area contributed by atoms with E-state index in [2.05, 4.69) is 22.9 Å². The summed E-state index contributed by atoms with van der Waals surface area (Å²) < 4.78 is 2.33. The maximum absolute atomic E-state index is 12.4. The predicted octanol–water partition coefficient (Wildman–Crippen LogP) is 2.23. The van der Waals surface area contributed by atoms with Gasteiger partial charge < -0.3 is 15.6 Å². The van der Waals surface area contributed by atoms with Crippen LogP contribution in [0, 0.1) is 0 Å². The Hall–Kier alpha value is -1.81. The molecule has 3 rings (SSSR count). The Balaban J connectivity index is 2.18. The quantitative estimate of drug-likeness (QED) is 0.905. The maximum atomic E-state index is 12.4. The minimum absolute atomic E-state index is 0.0180. The van der Waals surface area contributed by atoms with E-state index in [0.717, 1.165) is 30.5 Å². The van der Waals surface area contributed by atoms with Gasteiger partial charge in [-0.3, -0.25) is 4.79 Å². The summed E-state index contributed by atoms with van der Waals surface area (Å²) in [4.78, 5) is 12.4. The van der Waals surface area contributed by atoms with Crippen molar-refractivity contribution in [3.63, 3.8) is 0 Å². The lowest BCUT2D eigenvalue weighted by Crippen LogP contribution is -2.29. The van der Waals surface area contributed by atoms with Crippen molar-refractivity contribution in [2.45, 2.75) is 39.2 Å². The molecule has 21 heavy (non-hydrogen) atoms. The molecule has 1 heterocycles. The Morgan fingerprint density at radius 1 is 1.33 bits per heavy atom. The molecule has 0 spiro atoms. The van der Waals surface area contributed by atoms with E-state index in [-0.39, 0.29) is 5.91 Å². The number of nitrogens with one attached hydrogen (secondary N) is 1. The number of carbonyl (C=O) groups is 1. The lowest BCUT2D eigenvalue weighted by atomic mass is 9.95. The number of hydrogen-bond donors (Lipinski definition) is 2. The summed E-state index contributed by atoms with van der Waals surface area (Å²) >= 11 is 0. The molecule has 0 radical (unpaired) electrons. The van der Waals surface area contributed by atoms with E-state index in [9.17, 15) is 4.79 Å². The van der Waals surface area contributed by atoms with E-state index in [1.165, 1.54) is 29.5 Å². The number of rotatable bonds is 4. The summed E-state index contributed by atoms with van der Waals surface area (Å²) in [6.45, 7) is 4.05. The summed E-state index contributed by atoms with van der Waals surface area (Å²) in [5.41, 5.74) is 10.2. The summed E-state index contributed by atoms with van der Waals surface area (Å²) in [5, 5.41) is 4.15. The van der Waals surface area contributed by atoms with E-state index in [4.69, 9.17) is 5.73 Å². The minimum atomic E-state index is -0.0180. The molecule has 112 valence electrons. The first-order chi connectivity index (χ1) is 10.3. The molecule has 4 heteroatoms. The summed E-state index contributed by atoms with van der Waals surface area (Å²) in [6, 6.07) is 6.08. The fourth-order valence-corrected chi connectivity index (χ4v) is 3.50. The van der Waals surface area contributed by atoms with Crippen LogP contribution in [0.15, 0.2) is 18.2 Å². The van der Waals surface area contributed by atoms with Gasteiger partial charge in [-0.2, -0.15) is 0 Å². The highest BCUT2D eigenvalue weighted by Crippen LogP contribution is 2.33. The fraction of sp³-hybridized carbons (Fsp3) is 0.471. The minimum Gasteiger partial charge on any atom is -0.351 e. The van der Waals surface area contributed by atoms with Crippen LogP contribution in [-0.4, -0.2) is 23.6 Å². The van der Waals surface area contributed by atoms with Crippen LogP contribution in [0.5, 0.6) is 0 Å². The SMILES string of the molecule is CCn1c2c(c3cccc(C(=O)NCCN)c31)CCCC2. The predicted molar refractivity (Wildman–Crippen MR) is 85.6 cm³/mol. The van der Waals surface area contributed by atoms with Gasteiger partial charge in [-0.25, -0.2) is 0 Å². The van der Waals surface area contributed by atoms with Gasteiger partial charge in [0.05, 0.1) is 11.1 Å². The Morgan fingerprint density at radius 3 is 2.90 bits per heavy atom. The third kappa shape index (κ3) is 2.33. The van der Waals surface area contributed by atoms with Crippen LogP contribution in [0.4, 0.5) is 0 Å². The van der Waals surface area contributed by atoms with Crippen LogP contribution >= 0.6 is 0 Å². The van der Waals surface area contributed by atoms with E-state index < -0.39 is 0 Å². The second kappa shape index (κ2) is 5.90. The van der Waals surface area contributed by atoms with Gasteiger partial charge in [-0.05, 0) is 44.2 Å². The number of nitrogens with zero attached hydrogens (tertiary/aromatic N) is 1. The standard InChI is InChI=1S/C17H23N3O/c1-2-20-15-9-4-3-6-12(15)13-7-5-8-14(16(13)20)17(21)19-11-10-18/h5,7-8H,2-4,6,9-11,18H2,1H3,(H,19,21). The van der Waals surface area contributed by atoms with Crippen molar-refractivity contribution in [3.05, 3.63) is 35.0 Å². The van der Waals surface area contributed by atoms with Crippen molar-refractivity contribution in [1.82, 2.24) is 9.88 Å². The lowest BCUT2D eigenvalue weighted by Gasteiger charge is -2.15. The van der Waals surface area contributed by atoms with Crippen molar-refractivity contribution in [2.75, 3.05) is 13.1 Å². The topological polar surface area (TPSA) is 60.0 Å². The molecular formula is C17H23N3O. The van der Waals surface area contributed by atoms with E-state index in [0.29, 0.717) is 13.1 Å². The summed E-state index contributed by atoms with van der Waals surface area (Å²) in [5.74, 6) is -0.0180. The first kappa shape index (κ1) is 14.1. The average molecular weight is 285 g/mol. The molecule has 0 saturated heterocycles. The van der Waals surface area contributed by atoms with Gasteiger partial charge in [-0.1, -0.05) is 12.1 Å². The highest BCUT2D eigenvalue weighted by atomic mass is 16.1. The molecule has 1 aliphatic rings. The van der Waals surface area contributed by atoms with Gasteiger partial charge in [0, 0.05) is 30.7 Å². The van der Waals surface area contributed by atoms with Gasteiger partial charge in [-0.15, -0.1) is 0 Å². The zero-order valence-corrected chi connectivity index (χ0v) is 12.6. The number of para-hydroxylation sites is 1. The first-order valence-corrected chi connectivity index (χ1v) is 7.89. The monoisotopic (exact) mass is 285 g/mol. The van der Waals surface area contributed by atoms with Crippen LogP contribution in [0.1, 0.15) is 41.4 Å². The van der Waals surface area contributed by atoms with Gasteiger partial charge in [0.15, 0.2) is 0 Å². The van der Waals surface area contributed by atoms with Crippen molar-refractivity contribution in [3.8, 4) is 0 Å². The number of hydrogen-bond acceptors (Lipinski definition) is 2. The molecule has 0 saturated carbocycles. The molecule has 4 nitrogen and oxygen atoms in total. The van der Waals surface area contributed by atoms with E-state index >= 15 is 0 Å². The Kier molecular flexibility index (Phi) is 3.97. The van der Waals surface area contributed by atoms with Crippen LogP contribution < -0.4 is 11.1 Å². The Labute approximate surface area is 125 Å². The third-order valence-electron chi connectivity index (χ3n) is 4.39. The lowest BCUT2D eigenvalue weighted by molar-refractivity contribution is 0.0956. The molecule has 0 unspecified atom stereocenters. The molecule has 0 fully saturated rings. The molecule has 0 bridgehead atoms. The normalized spacial score (nSPS) is 14.2. The largest absolute Gasteiger partial charge is 0.351 e. The van der Waals surface area contributed by atoms with Crippen molar-refractivity contribution < 1.29 is 4.79 Å². The van der Waals surface area contributed by atoms with Crippen LogP contribution in [0.3, 0.4) is 0 Å². The molecular weight excluding hydrogens is 262 g/mol.